The van der Waals surface area contributed by atoms with Crippen molar-refractivity contribution >= 4 is 29.1 Å². The molecule has 1 fully saturated rings. The highest BCUT2D eigenvalue weighted by molar-refractivity contribution is 6.42. The normalized spacial score (nSPS) is 16.2. The molecule has 7 heteroatoms. The van der Waals surface area contributed by atoms with Gasteiger partial charge in [0.1, 0.15) is 11.5 Å². The van der Waals surface area contributed by atoms with E-state index < -0.39 is 0 Å². The third-order valence-electron chi connectivity index (χ3n) is 4.46. The van der Waals surface area contributed by atoms with Gasteiger partial charge in [0.25, 0.3) is 5.91 Å². The number of carbonyl (C=O) groups is 1. The van der Waals surface area contributed by atoms with Gasteiger partial charge in [0.15, 0.2) is 6.61 Å². The van der Waals surface area contributed by atoms with Crippen LogP contribution >= 0.6 is 23.2 Å². The summed E-state index contributed by atoms with van der Waals surface area (Å²) in [5.41, 5.74) is 0. The molecule has 26 heavy (non-hydrogen) atoms. The van der Waals surface area contributed by atoms with E-state index in [9.17, 15) is 4.79 Å². The van der Waals surface area contributed by atoms with Gasteiger partial charge in [-0.25, -0.2) is 0 Å². The molecule has 2 aromatic rings. The van der Waals surface area contributed by atoms with Crippen LogP contribution in [0.15, 0.2) is 41.0 Å². The van der Waals surface area contributed by atoms with Gasteiger partial charge < -0.3 is 14.5 Å². The van der Waals surface area contributed by atoms with Crippen molar-refractivity contribution in [3.05, 3.63) is 52.4 Å². The van der Waals surface area contributed by atoms with Gasteiger partial charge in [-0.1, -0.05) is 29.6 Å². The van der Waals surface area contributed by atoms with Gasteiger partial charge >= 0.3 is 0 Å². The molecule has 1 unspecified atom stereocenters. The average Bonchev–Trinajstić information content (AvgIpc) is 3.18. The highest BCUT2D eigenvalue weighted by Crippen LogP contribution is 2.26. The van der Waals surface area contributed by atoms with Gasteiger partial charge in [-0.3, -0.25) is 9.69 Å². The maximum atomic E-state index is 12.2. The summed E-state index contributed by atoms with van der Waals surface area (Å²) in [5, 5.41) is 3.79. The second kappa shape index (κ2) is 9.31. The van der Waals surface area contributed by atoms with E-state index in [1.807, 2.05) is 12.1 Å². The maximum Gasteiger partial charge on any atom is 0.258 e. The van der Waals surface area contributed by atoms with Crippen molar-refractivity contribution in [2.75, 3.05) is 26.2 Å². The van der Waals surface area contributed by atoms with Gasteiger partial charge in [-0.2, -0.15) is 0 Å². The smallest absolute Gasteiger partial charge is 0.258 e. The largest absolute Gasteiger partial charge is 0.484 e. The molecule has 2 heterocycles. The number of likely N-dealkylation sites (tertiary alicyclic amines) is 1. The number of hydrogen-bond acceptors (Lipinski definition) is 4. The summed E-state index contributed by atoms with van der Waals surface area (Å²) in [6.45, 7) is 2.43. The molecule has 3 rings (SSSR count). The molecule has 0 bridgehead atoms. The lowest BCUT2D eigenvalue weighted by atomic mass is 10.1. The number of benzene rings is 1. The first-order chi connectivity index (χ1) is 12.6. The topological polar surface area (TPSA) is 54.7 Å². The molecule has 5 nitrogen and oxygen atoms in total. The summed E-state index contributed by atoms with van der Waals surface area (Å²) in [5.74, 6) is 1.19. The van der Waals surface area contributed by atoms with Gasteiger partial charge in [0, 0.05) is 12.6 Å². The fourth-order valence-electron chi connectivity index (χ4n) is 3.10. The van der Waals surface area contributed by atoms with E-state index in [-0.39, 0.29) is 18.6 Å². The van der Waals surface area contributed by atoms with Crippen molar-refractivity contribution in [3.63, 3.8) is 0 Å². The van der Waals surface area contributed by atoms with Crippen molar-refractivity contribution in [3.8, 4) is 5.75 Å². The Labute approximate surface area is 163 Å². The van der Waals surface area contributed by atoms with Gasteiger partial charge in [0.05, 0.1) is 22.4 Å². The molecule has 1 amide bonds. The molecule has 0 aliphatic carbocycles. The second-order valence-corrected chi connectivity index (χ2v) is 7.11. The number of rotatable bonds is 7. The first-order valence-electron chi connectivity index (χ1n) is 8.75. The van der Waals surface area contributed by atoms with E-state index in [4.69, 9.17) is 32.4 Å². The lowest BCUT2D eigenvalue weighted by Crippen LogP contribution is -2.41. The Morgan fingerprint density at radius 1 is 1.19 bits per heavy atom. The lowest BCUT2D eigenvalue weighted by Gasteiger charge is -2.33. The molecule has 1 atom stereocenters. The monoisotopic (exact) mass is 396 g/mol. The van der Waals surface area contributed by atoms with Crippen LogP contribution in [0.5, 0.6) is 5.75 Å². The number of nitrogens with zero attached hydrogens (tertiary/aromatic N) is 1. The van der Waals surface area contributed by atoms with Crippen LogP contribution in [0, 0.1) is 0 Å². The third kappa shape index (κ3) is 5.16. The lowest BCUT2D eigenvalue weighted by molar-refractivity contribution is -0.123. The molecule has 1 aromatic heterocycles. The summed E-state index contributed by atoms with van der Waals surface area (Å²) < 4.78 is 11.1. The molecule has 0 saturated carbocycles. The van der Waals surface area contributed by atoms with Crippen molar-refractivity contribution in [2.24, 2.45) is 0 Å². The Morgan fingerprint density at radius 3 is 2.69 bits per heavy atom. The summed E-state index contributed by atoms with van der Waals surface area (Å²) in [6, 6.07) is 8.79. The number of furan rings is 1. The Hall–Kier alpha value is -1.69. The highest BCUT2D eigenvalue weighted by atomic mass is 35.5. The van der Waals surface area contributed by atoms with Crippen LogP contribution in [0.2, 0.25) is 10.0 Å². The number of nitrogens with one attached hydrogen (secondary N) is 1. The van der Waals surface area contributed by atoms with Crippen LogP contribution in [-0.2, 0) is 4.79 Å². The van der Waals surface area contributed by atoms with Crippen LogP contribution in [0.4, 0.5) is 0 Å². The van der Waals surface area contributed by atoms with E-state index in [0.29, 0.717) is 22.3 Å². The summed E-state index contributed by atoms with van der Waals surface area (Å²) in [4.78, 5) is 14.5. The third-order valence-corrected chi connectivity index (χ3v) is 5.20. The Bertz CT molecular complexity index is 716. The first kappa shape index (κ1) is 19.1. The summed E-state index contributed by atoms with van der Waals surface area (Å²) in [6.07, 6.45) is 5.27. The van der Waals surface area contributed by atoms with Gasteiger partial charge in [-0.05, 0) is 50.2 Å². The van der Waals surface area contributed by atoms with E-state index in [1.165, 1.54) is 19.3 Å². The van der Waals surface area contributed by atoms with Crippen LogP contribution < -0.4 is 10.1 Å². The molecular weight excluding hydrogens is 375 g/mol. The number of ether oxygens (including phenoxy) is 1. The number of halogens is 2. The number of hydrogen-bond donors (Lipinski definition) is 1. The quantitative estimate of drug-likeness (QED) is 0.757. The van der Waals surface area contributed by atoms with Crippen molar-refractivity contribution in [1.82, 2.24) is 10.2 Å². The van der Waals surface area contributed by atoms with Crippen molar-refractivity contribution < 1.29 is 13.9 Å². The van der Waals surface area contributed by atoms with E-state index in [0.717, 1.165) is 18.8 Å². The van der Waals surface area contributed by atoms with E-state index in [1.54, 1.807) is 24.5 Å². The average molecular weight is 397 g/mol. The van der Waals surface area contributed by atoms with Crippen LogP contribution in [-0.4, -0.2) is 37.0 Å². The van der Waals surface area contributed by atoms with Crippen LogP contribution in [0.1, 0.15) is 31.1 Å². The van der Waals surface area contributed by atoms with Crippen molar-refractivity contribution in [2.45, 2.75) is 25.3 Å². The molecule has 1 N–H and O–H groups in total. The predicted molar refractivity (Wildman–Crippen MR) is 102 cm³/mol. The van der Waals surface area contributed by atoms with Crippen molar-refractivity contribution in [1.29, 1.82) is 0 Å². The zero-order valence-electron chi connectivity index (χ0n) is 14.4. The second-order valence-electron chi connectivity index (χ2n) is 6.30. The molecule has 0 radical (unpaired) electrons. The Balaban J connectivity index is 1.52. The molecule has 1 saturated heterocycles. The summed E-state index contributed by atoms with van der Waals surface area (Å²) in [7, 11) is 0. The molecule has 1 aliphatic heterocycles. The fourth-order valence-corrected chi connectivity index (χ4v) is 3.39. The molecule has 1 aromatic carbocycles. The standard InChI is InChI=1S/C19H22Cl2N2O3/c20-15-7-6-14(11-16(15)21)26-13-19(24)22-12-17(18-5-4-10-25-18)23-8-2-1-3-9-23/h4-7,10-11,17H,1-3,8-9,12-13H2,(H,22,24). The Kier molecular flexibility index (Phi) is 6.83. The Morgan fingerprint density at radius 2 is 2.00 bits per heavy atom. The van der Waals surface area contributed by atoms with Crippen LogP contribution in [0.3, 0.4) is 0 Å². The van der Waals surface area contributed by atoms with Gasteiger partial charge in [-0.15, -0.1) is 0 Å². The van der Waals surface area contributed by atoms with Gasteiger partial charge in [0.2, 0.25) is 0 Å². The summed E-state index contributed by atoms with van der Waals surface area (Å²) >= 11 is 11.8. The maximum absolute atomic E-state index is 12.2. The molecule has 0 spiro atoms. The van der Waals surface area contributed by atoms with Crippen LogP contribution in [0.25, 0.3) is 0 Å². The number of carbonyl (C=O) groups excluding carboxylic acids is 1. The zero-order chi connectivity index (χ0) is 18.4. The van der Waals surface area contributed by atoms with E-state index in [2.05, 4.69) is 10.2 Å². The fraction of sp³-hybridized carbons (Fsp3) is 0.421. The molecule has 140 valence electrons. The molecular formula is C19H22Cl2N2O3. The minimum absolute atomic E-state index is 0.0410. The molecule has 1 aliphatic rings. The minimum Gasteiger partial charge on any atom is -0.484 e. The SMILES string of the molecule is O=C(COc1ccc(Cl)c(Cl)c1)NCC(c1ccco1)N1CCCCC1. The first-order valence-corrected chi connectivity index (χ1v) is 9.51. The highest BCUT2D eigenvalue weighted by Gasteiger charge is 2.24. The number of piperidine rings is 1. The zero-order valence-corrected chi connectivity index (χ0v) is 15.9. The minimum atomic E-state index is -0.190. The number of amides is 1. The predicted octanol–water partition coefficient (Wildman–Crippen LogP) is 4.31. The van der Waals surface area contributed by atoms with E-state index >= 15 is 0 Å².